The molecule has 6 heteroatoms. The average molecular weight is 305 g/mol. The monoisotopic (exact) mass is 304 g/mol. The summed E-state index contributed by atoms with van der Waals surface area (Å²) in [5.41, 5.74) is 0.396. The second-order valence-corrected chi connectivity index (χ2v) is 5.57. The van der Waals surface area contributed by atoms with Gasteiger partial charge in [-0.1, -0.05) is 23.2 Å². The lowest BCUT2D eigenvalue weighted by Gasteiger charge is -2.28. The molecule has 19 heavy (non-hydrogen) atoms. The van der Waals surface area contributed by atoms with Gasteiger partial charge in [0.2, 0.25) is 0 Å². The highest BCUT2D eigenvalue weighted by Crippen LogP contribution is 2.35. The highest BCUT2D eigenvalue weighted by atomic mass is 35.5. The third kappa shape index (κ3) is 3.97. The third-order valence-corrected chi connectivity index (χ3v) is 3.85. The molecule has 0 spiro atoms. The predicted molar refractivity (Wildman–Crippen MR) is 77.0 cm³/mol. The van der Waals surface area contributed by atoms with E-state index in [9.17, 15) is 10.2 Å². The minimum atomic E-state index is -0.758. The molecule has 1 aliphatic rings. The number of halogens is 2. The molecule has 1 aromatic carbocycles. The molecule has 1 aliphatic heterocycles. The molecule has 1 atom stereocenters. The Morgan fingerprint density at radius 2 is 1.95 bits per heavy atom. The molecule has 1 fully saturated rings. The number of aliphatic hydroxyl groups is 1. The highest BCUT2D eigenvalue weighted by Gasteiger charge is 2.18. The minimum absolute atomic E-state index is 0.0844. The summed E-state index contributed by atoms with van der Waals surface area (Å²) >= 11 is 11.7. The molecule has 1 aromatic rings. The van der Waals surface area contributed by atoms with Gasteiger partial charge in [-0.15, -0.1) is 0 Å². The Morgan fingerprint density at radius 1 is 1.26 bits per heavy atom. The maximum Gasteiger partial charge on any atom is 0.140 e. The van der Waals surface area contributed by atoms with Gasteiger partial charge in [0, 0.05) is 43.3 Å². The molecule has 1 saturated heterocycles. The second kappa shape index (κ2) is 6.77. The Hall–Kier alpha value is -0.520. The Balaban J connectivity index is 1.97. The van der Waals surface area contributed by atoms with Gasteiger partial charge in [0.25, 0.3) is 0 Å². The lowest BCUT2D eigenvalue weighted by molar-refractivity contribution is 0.134. The van der Waals surface area contributed by atoms with Gasteiger partial charge < -0.3 is 20.4 Å². The van der Waals surface area contributed by atoms with Crippen molar-refractivity contribution in [1.29, 1.82) is 0 Å². The largest absolute Gasteiger partial charge is 0.506 e. The molecular formula is C13H18Cl2N2O2. The van der Waals surface area contributed by atoms with Gasteiger partial charge in [-0.25, -0.2) is 0 Å². The number of aliphatic hydroxyl groups excluding tert-OH is 1. The van der Waals surface area contributed by atoms with Gasteiger partial charge in [0.15, 0.2) is 0 Å². The van der Waals surface area contributed by atoms with Crippen molar-refractivity contribution in [3.63, 3.8) is 0 Å². The average Bonchev–Trinajstić information content (AvgIpc) is 2.41. The number of hydrogen-bond donors (Lipinski definition) is 3. The first-order valence-corrected chi connectivity index (χ1v) is 7.12. The molecular weight excluding hydrogens is 287 g/mol. The van der Waals surface area contributed by atoms with Crippen LogP contribution in [0.1, 0.15) is 18.1 Å². The first-order chi connectivity index (χ1) is 9.08. The Kier molecular flexibility index (Phi) is 5.30. The molecule has 2 rings (SSSR count). The van der Waals surface area contributed by atoms with Crippen molar-refractivity contribution < 1.29 is 10.2 Å². The molecule has 1 unspecified atom stereocenters. The zero-order chi connectivity index (χ0) is 13.8. The van der Waals surface area contributed by atoms with E-state index in [0.717, 1.165) is 32.7 Å². The first-order valence-electron chi connectivity index (χ1n) is 6.37. The van der Waals surface area contributed by atoms with Crippen molar-refractivity contribution in [3.8, 4) is 5.75 Å². The molecule has 0 aromatic heterocycles. The summed E-state index contributed by atoms with van der Waals surface area (Å²) in [7, 11) is 0. The SMILES string of the molecule is Oc1c(Cl)cc(Cl)cc1C(O)CCN1CCNCC1. The van der Waals surface area contributed by atoms with Crippen LogP contribution < -0.4 is 5.32 Å². The van der Waals surface area contributed by atoms with Crippen molar-refractivity contribution in [3.05, 3.63) is 27.7 Å². The van der Waals surface area contributed by atoms with E-state index in [-0.39, 0.29) is 10.8 Å². The van der Waals surface area contributed by atoms with E-state index in [2.05, 4.69) is 10.2 Å². The fourth-order valence-corrected chi connectivity index (χ4v) is 2.74. The van der Waals surface area contributed by atoms with Gasteiger partial charge in [-0.3, -0.25) is 0 Å². The van der Waals surface area contributed by atoms with E-state index < -0.39 is 6.10 Å². The number of rotatable bonds is 4. The molecule has 1 heterocycles. The van der Waals surface area contributed by atoms with E-state index >= 15 is 0 Å². The van der Waals surface area contributed by atoms with Crippen LogP contribution in [-0.2, 0) is 0 Å². The summed E-state index contributed by atoms with van der Waals surface area (Å²) in [5, 5.41) is 23.9. The number of hydrogen-bond acceptors (Lipinski definition) is 4. The number of benzene rings is 1. The number of nitrogens with one attached hydrogen (secondary N) is 1. The number of phenolic OH excluding ortho intramolecular Hbond substituents is 1. The minimum Gasteiger partial charge on any atom is -0.506 e. The molecule has 0 aliphatic carbocycles. The van der Waals surface area contributed by atoms with Crippen molar-refractivity contribution in [2.24, 2.45) is 0 Å². The number of phenols is 1. The van der Waals surface area contributed by atoms with Crippen LogP contribution in [0.3, 0.4) is 0 Å². The molecule has 106 valence electrons. The van der Waals surface area contributed by atoms with E-state index in [1.54, 1.807) is 6.07 Å². The van der Waals surface area contributed by atoms with Crippen LogP contribution in [0.4, 0.5) is 0 Å². The lowest BCUT2D eigenvalue weighted by atomic mass is 10.0. The van der Waals surface area contributed by atoms with Crippen molar-refractivity contribution in [1.82, 2.24) is 10.2 Å². The summed E-state index contributed by atoms with van der Waals surface area (Å²) < 4.78 is 0. The van der Waals surface area contributed by atoms with Gasteiger partial charge in [-0.05, 0) is 18.6 Å². The van der Waals surface area contributed by atoms with E-state index in [4.69, 9.17) is 23.2 Å². The maximum atomic E-state index is 10.2. The topological polar surface area (TPSA) is 55.7 Å². The van der Waals surface area contributed by atoms with E-state index in [0.29, 0.717) is 17.0 Å². The third-order valence-electron chi connectivity index (χ3n) is 3.35. The molecule has 0 amide bonds. The second-order valence-electron chi connectivity index (χ2n) is 4.72. The van der Waals surface area contributed by atoms with Crippen LogP contribution >= 0.6 is 23.2 Å². The Bertz CT molecular complexity index is 437. The zero-order valence-electron chi connectivity index (χ0n) is 10.6. The van der Waals surface area contributed by atoms with Crippen molar-refractivity contribution >= 4 is 23.2 Å². The molecule has 0 bridgehead atoms. The van der Waals surface area contributed by atoms with Crippen LogP contribution in [0.2, 0.25) is 10.0 Å². The van der Waals surface area contributed by atoms with Crippen molar-refractivity contribution in [2.45, 2.75) is 12.5 Å². The summed E-state index contributed by atoms with van der Waals surface area (Å²) in [6.07, 6.45) is -0.212. The normalized spacial score (nSPS) is 18.5. The van der Waals surface area contributed by atoms with Crippen LogP contribution in [0.15, 0.2) is 12.1 Å². The summed E-state index contributed by atoms with van der Waals surface area (Å²) in [6.45, 7) is 4.70. The smallest absolute Gasteiger partial charge is 0.140 e. The number of nitrogens with zero attached hydrogens (tertiary/aromatic N) is 1. The van der Waals surface area contributed by atoms with Crippen LogP contribution in [0, 0.1) is 0 Å². The van der Waals surface area contributed by atoms with Gasteiger partial charge in [0.05, 0.1) is 11.1 Å². The molecule has 0 saturated carbocycles. The predicted octanol–water partition coefficient (Wildman–Crippen LogP) is 2.03. The molecule has 0 radical (unpaired) electrons. The fraction of sp³-hybridized carbons (Fsp3) is 0.538. The first kappa shape index (κ1) is 14.9. The maximum absolute atomic E-state index is 10.2. The van der Waals surface area contributed by atoms with Crippen LogP contribution in [0.5, 0.6) is 5.75 Å². The highest BCUT2D eigenvalue weighted by molar-refractivity contribution is 6.35. The van der Waals surface area contributed by atoms with E-state index in [1.165, 1.54) is 6.07 Å². The summed E-state index contributed by atoms with van der Waals surface area (Å²) in [4.78, 5) is 2.28. The fourth-order valence-electron chi connectivity index (χ4n) is 2.24. The van der Waals surface area contributed by atoms with Gasteiger partial charge in [-0.2, -0.15) is 0 Å². The zero-order valence-corrected chi connectivity index (χ0v) is 12.1. The lowest BCUT2D eigenvalue weighted by Crippen LogP contribution is -2.44. The summed E-state index contributed by atoms with van der Waals surface area (Å²) in [6, 6.07) is 3.02. The van der Waals surface area contributed by atoms with Crippen molar-refractivity contribution in [2.75, 3.05) is 32.7 Å². The Morgan fingerprint density at radius 3 is 2.63 bits per heavy atom. The molecule has 3 N–H and O–H groups in total. The number of aromatic hydroxyl groups is 1. The van der Waals surface area contributed by atoms with Crippen LogP contribution in [-0.4, -0.2) is 47.8 Å². The van der Waals surface area contributed by atoms with Crippen LogP contribution in [0.25, 0.3) is 0 Å². The number of piperazine rings is 1. The van der Waals surface area contributed by atoms with Gasteiger partial charge >= 0.3 is 0 Å². The van der Waals surface area contributed by atoms with Gasteiger partial charge in [0.1, 0.15) is 5.75 Å². The standard InChI is InChI=1S/C13H18Cl2N2O2/c14-9-7-10(13(19)11(15)8-9)12(18)1-4-17-5-2-16-3-6-17/h7-8,12,16,18-19H,1-6H2. The quantitative estimate of drug-likeness (QED) is 0.797. The molecule has 4 nitrogen and oxygen atoms in total. The Labute approximate surface area is 122 Å². The van der Waals surface area contributed by atoms with E-state index in [1.807, 2.05) is 0 Å². The summed E-state index contributed by atoms with van der Waals surface area (Å²) in [5.74, 6) is -0.0844.